The Hall–Kier alpha value is -2.94. The molecule has 0 radical (unpaired) electrons. The molecule has 0 saturated carbocycles. The van der Waals surface area contributed by atoms with Gasteiger partial charge in [0.15, 0.2) is 11.5 Å². The Kier molecular flexibility index (Phi) is 6.69. The Bertz CT molecular complexity index is 1210. The number of phenols is 1. The van der Waals surface area contributed by atoms with Crippen molar-refractivity contribution in [2.45, 2.75) is 17.9 Å². The van der Waals surface area contributed by atoms with Gasteiger partial charge in [0.1, 0.15) is 5.82 Å². The second-order valence-corrected chi connectivity index (χ2v) is 10.0. The van der Waals surface area contributed by atoms with E-state index in [1.807, 2.05) is 43.3 Å². The number of halogens is 1. The van der Waals surface area contributed by atoms with E-state index in [0.29, 0.717) is 24.4 Å². The van der Waals surface area contributed by atoms with Crippen molar-refractivity contribution in [3.63, 3.8) is 0 Å². The fraction of sp³-hybridized carbons (Fsp3) is 0.280. The molecule has 8 heteroatoms. The molecule has 1 aliphatic heterocycles. The van der Waals surface area contributed by atoms with Gasteiger partial charge in [-0.25, -0.2) is 12.8 Å². The van der Waals surface area contributed by atoms with Crippen LogP contribution in [0.1, 0.15) is 22.7 Å². The standard InChI is InChI=1S/C25H27FN2O4S/c1-18-6-8-19(9-7-18)24(22-4-3-5-23(32-2)25(22)29)27-14-16-28(17-15-27)33(30,31)21-12-10-20(26)11-13-21/h3-13,24,29H,14-17H2,1-2H3/t24-/m1/s1. The number of benzene rings is 3. The highest BCUT2D eigenvalue weighted by molar-refractivity contribution is 7.89. The van der Waals surface area contributed by atoms with E-state index in [0.717, 1.165) is 23.3 Å². The Morgan fingerprint density at radius 3 is 2.18 bits per heavy atom. The van der Waals surface area contributed by atoms with Crippen molar-refractivity contribution in [2.24, 2.45) is 0 Å². The normalized spacial score (nSPS) is 16.5. The van der Waals surface area contributed by atoms with Gasteiger partial charge in [0.25, 0.3) is 0 Å². The summed E-state index contributed by atoms with van der Waals surface area (Å²) >= 11 is 0. The zero-order chi connectivity index (χ0) is 23.6. The van der Waals surface area contributed by atoms with E-state index in [4.69, 9.17) is 4.74 Å². The Morgan fingerprint density at radius 2 is 1.58 bits per heavy atom. The third-order valence-electron chi connectivity index (χ3n) is 6.03. The molecule has 0 aliphatic carbocycles. The van der Waals surface area contributed by atoms with Gasteiger partial charge >= 0.3 is 0 Å². The van der Waals surface area contributed by atoms with E-state index in [9.17, 15) is 17.9 Å². The minimum Gasteiger partial charge on any atom is -0.504 e. The Morgan fingerprint density at radius 1 is 0.939 bits per heavy atom. The number of methoxy groups -OCH3 is 1. The Balaban J connectivity index is 1.62. The van der Waals surface area contributed by atoms with Crippen molar-refractivity contribution in [1.29, 1.82) is 0 Å². The van der Waals surface area contributed by atoms with Gasteiger partial charge in [-0.1, -0.05) is 42.0 Å². The zero-order valence-corrected chi connectivity index (χ0v) is 19.4. The number of hydrogen-bond donors (Lipinski definition) is 1. The molecule has 0 bridgehead atoms. The molecule has 4 rings (SSSR count). The number of sulfonamides is 1. The van der Waals surface area contributed by atoms with Crippen molar-refractivity contribution < 1.29 is 22.7 Å². The number of para-hydroxylation sites is 1. The minimum atomic E-state index is -3.71. The van der Waals surface area contributed by atoms with Crippen molar-refractivity contribution in [2.75, 3.05) is 33.3 Å². The van der Waals surface area contributed by atoms with Crippen LogP contribution in [-0.2, 0) is 10.0 Å². The summed E-state index contributed by atoms with van der Waals surface area (Å²) in [5.41, 5.74) is 2.83. The van der Waals surface area contributed by atoms with Gasteiger partial charge in [0.2, 0.25) is 10.0 Å². The smallest absolute Gasteiger partial charge is 0.243 e. The summed E-state index contributed by atoms with van der Waals surface area (Å²) in [5, 5.41) is 10.9. The fourth-order valence-electron chi connectivity index (χ4n) is 4.22. The van der Waals surface area contributed by atoms with Gasteiger partial charge in [-0.2, -0.15) is 4.31 Å². The van der Waals surface area contributed by atoms with Crippen molar-refractivity contribution >= 4 is 10.0 Å². The van der Waals surface area contributed by atoms with Crippen LogP contribution in [0.3, 0.4) is 0 Å². The molecule has 0 unspecified atom stereocenters. The van der Waals surface area contributed by atoms with Crippen LogP contribution >= 0.6 is 0 Å². The number of rotatable bonds is 6. The van der Waals surface area contributed by atoms with Gasteiger partial charge in [0, 0.05) is 31.7 Å². The SMILES string of the molecule is COc1cccc([C@@H](c2ccc(C)cc2)N2CCN(S(=O)(=O)c3ccc(F)cc3)CC2)c1O. The number of nitrogens with zero attached hydrogens (tertiary/aromatic N) is 2. The molecule has 0 spiro atoms. The fourth-order valence-corrected chi connectivity index (χ4v) is 5.64. The molecule has 6 nitrogen and oxygen atoms in total. The second kappa shape index (κ2) is 9.51. The maximum Gasteiger partial charge on any atom is 0.243 e. The lowest BCUT2D eigenvalue weighted by Crippen LogP contribution is -2.49. The summed E-state index contributed by atoms with van der Waals surface area (Å²) in [5.74, 6) is -0.00752. The molecule has 174 valence electrons. The molecule has 1 saturated heterocycles. The number of ether oxygens (including phenoxy) is 1. The molecule has 0 amide bonds. The molecule has 1 atom stereocenters. The first-order valence-electron chi connectivity index (χ1n) is 10.7. The van der Waals surface area contributed by atoms with E-state index in [2.05, 4.69) is 4.90 Å². The largest absolute Gasteiger partial charge is 0.504 e. The zero-order valence-electron chi connectivity index (χ0n) is 18.6. The maximum absolute atomic E-state index is 13.2. The van der Waals surface area contributed by atoms with Crippen molar-refractivity contribution in [1.82, 2.24) is 9.21 Å². The van der Waals surface area contributed by atoms with Crippen LogP contribution in [0.4, 0.5) is 4.39 Å². The number of phenolic OH excluding ortho intramolecular Hbond substituents is 1. The number of piperazine rings is 1. The summed E-state index contributed by atoms with van der Waals surface area (Å²) in [4.78, 5) is 2.24. The van der Waals surface area contributed by atoms with Crippen LogP contribution in [-0.4, -0.2) is 56.0 Å². The second-order valence-electron chi connectivity index (χ2n) is 8.11. The van der Waals surface area contributed by atoms with Crippen LogP contribution in [0.15, 0.2) is 71.6 Å². The lowest BCUT2D eigenvalue weighted by molar-refractivity contribution is 0.154. The summed E-state index contributed by atoms with van der Waals surface area (Å²) in [6.07, 6.45) is 0. The van der Waals surface area contributed by atoms with Crippen molar-refractivity contribution in [3.05, 3.63) is 89.2 Å². The van der Waals surface area contributed by atoms with Crippen LogP contribution in [0.2, 0.25) is 0 Å². The van der Waals surface area contributed by atoms with Crippen LogP contribution in [0.25, 0.3) is 0 Å². The Labute approximate surface area is 193 Å². The first-order chi connectivity index (χ1) is 15.8. The third-order valence-corrected chi connectivity index (χ3v) is 7.94. The van der Waals surface area contributed by atoms with Gasteiger partial charge < -0.3 is 9.84 Å². The van der Waals surface area contributed by atoms with Gasteiger partial charge in [-0.3, -0.25) is 4.90 Å². The third kappa shape index (κ3) is 4.73. The lowest BCUT2D eigenvalue weighted by Gasteiger charge is -2.39. The van der Waals surface area contributed by atoms with E-state index in [1.165, 1.54) is 23.5 Å². The molecule has 1 heterocycles. The average Bonchev–Trinajstić information content (AvgIpc) is 2.82. The first-order valence-corrected chi connectivity index (χ1v) is 12.2. The molecule has 3 aromatic carbocycles. The molecular formula is C25H27FN2O4S. The van der Waals surface area contributed by atoms with E-state index in [-0.39, 0.29) is 29.8 Å². The molecule has 1 aliphatic rings. The molecule has 1 fully saturated rings. The average molecular weight is 471 g/mol. The monoisotopic (exact) mass is 470 g/mol. The quantitative estimate of drug-likeness (QED) is 0.591. The van der Waals surface area contributed by atoms with Gasteiger partial charge in [0.05, 0.1) is 18.0 Å². The summed E-state index contributed by atoms with van der Waals surface area (Å²) in [6.45, 7) is 3.52. The number of aromatic hydroxyl groups is 1. The molecule has 0 aromatic heterocycles. The minimum absolute atomic E-state index is 0.0759. The number of aryl methyl sites for hydroxylation is 1. The molecule has 1 N–H and O–H groups in total. The van der Waals surface area contributed by atoms with E-state index >= 15 is 0 Å². The number of hydrogen-bond acceptors (Lipinski definition) is 5. The molecule has 33 heavy (non-hydrogen) atoms. The van der Waals surface area contributed by atoms with Crippen LogP contribution < -0.4 is 4.74 Å². The highest BCUT2D eigenvalue weighted by Crippen LogP contribution is 2.40. The van der Waals surface area contributed by atoms with Crippen molar-refractivity contribution in [3.8, 4) is 11.5 Å². The predicted molar refractivity (Wildman–Crippen MR) is 124 cm³/mol. The van der Waals surface area contributed by atoms with E-state index in [1.54, 1.807) is 6.07 Å². The van der Waals surface area contributed by atoms with Crippen LogP contribution in [0.5, 0.6) is 11.5 Å². The van der Waals surface area contributed by atoms with Gasteiger partial charge in [-0.05, 0) is 42.8 Å². The molecular weight excluding hydrogens is 443 g/mol. The first kappa shape index (κ1) is 23.2. The summed E-state index contributed by atoms with van der Waals surface area (Å²) in [6, 6.07) is 18.1. The predicted octanol–water partition coefficient (Wildman–Crippen LogP) is 3.94. The van der Waals surface area contributed by atoms with Crippen LogP contribution in [0, 0.1) is 12.7 Å². The highest BCUT2D eigenvalue weighted by Gasteiger charge is 2.33. The highest BCUT2D eigenvalue weighted by atomic mass is 32.2. The topological polar surface area (TPSA) is 70.1 Å². The maximum atomic E-state index is 13.2. The summed E-state index contributed by atoms with van der Waals surface area (Å²) < 4.78 is 46.0. The molecule has 3 aromatic rings. The summed E-state index contributed by atoms with van der Waals surface area (Å²) in [7, 11) is -2.20. The van der Waals surface area contributed by atoms with Gasteiger partial charge in [-0.15, -0.1) is 0 Å². The van der Waals surface area contributed by atoms with E-state index < -0.39 is 15.8 Å². The lowest BCUT2D eigenvalue weighted by atomic mass is 9.94.